The Labute approximate surface area is 231 Å². The van der Waals surface area contributed by atoms with Crippen molar-refractivity contribution in [2.45, 2.75) is 36.7 Å². The summed E-state index contributed by atoms with van der Waals surface area (Å²) >= 11 is 7.44. The highest BCUT2D eigenvalue weighted by Crippen LogP contribution is 2.49. The Balaban J connectivity index is 1.41. The summed E-state index contributed by atoms with van der Waals surface area (Å²) in [7, 11) is 0. The fourth-order valence-electron chi connectivity index (χ4n) is 4.96. The van der Waals surface area contributed by atoms with E-state index >= 15 is 0 Å². The van der Waals surface area contributed by atoms with E-state index in [4.69, 9.17) is 12.2 Å². The van der Waals surface area contributed by atoms with Gasteiger partial charge >= 0.3 is 0 Å². The lowest BCUT2D eigenvalue weighted by atomic mass is 9.93. The monoisotopic (exact) mass is 545 g/mol. The normalized spacial score (nSPS) is 18.1. The van der Waals surface area contributed by atoms with Crippen LogP contribution in [0.4, 0.5) is 10.1 Å². The van der Waals surface area contributed by atoms with E-state index < -0.39 is 6.10 Å². The lowest BCUT2D eigenvalue weighted by molar-refractivity contribution is 0.163. The number of hydrogen-bond acceptors (Lipinski definition) is 5. The number of anilines is 1. The Morgan fingerprint density at radius 1 is 0.868 bits per heavy atom. The third-order valence-electron chi connectivity index (χ3n) is 6.86. The number of aromatic hydroxyl groups is 2. The van der Waals surface area contributed by atoms with Gasteiger partial charge in [0.15, 0.2) is 0 Å². The number of phenols is 2. The van der Waals surface area contributed by atoms with Crippen LogP contribution < -0.4 is 4.90 Å². The third-order valence-corrected chi connectivity index (χ3v) is 8.54. The number of halogens is 1. The maximum absolute atomic E-state index is 13.3. The molecule has 5 rings (SSSR count). The van der Waals surface area contributed by atoms with Crippen LogP contribution in [0.3, 0.4) is 0 Å². The molecule has 0 saturated carbocycles. The van der Waals surface area contributed by atoms with Gasteiger partial charge in [-0.15, -0.1) is 0 Å². The van der Waals surface area contributed by atoms with Crippen LogP contribution in [-0.4, -0.2) is 24.9 Å². The van der Waals surface area contributed by atoms with Gasteiger partial charge in [-0.3, -0.25) is 0 Å². The number of aliphatic hydroxyl groups is 1. The molecule has 7 heteroatoms. The van der Waals surface area contributed by atoms with Crippen molar-refractivity contribution in [1.29, 1.82) is 0 Å². The summed E-state index contributed by atoms with van der Waals surface area (Å²) in [6.45, 7) is 0. The highest BCUT2D eigenvalue weighted by atomic mass is 32.2. The van der Waals surface area contributed by atoms with Gasteiger partial charge in [-0.2, -0.15) is 0 Å². The molecule has 1 aliphatic rings. The number of aliphatic hydroxyl groups excluding tert-OH is 1. The zero-order chi connectivity index (χ0) is 26.6. The molecule has 0 radical (unpaired) electrons. The average Bonchev–Trinajstić information content (AvgIpc) is 3.24. The second-order valence-electron chi connectivity index (χ2n) is 9.39. The highest BCUT2D eigenvalue weighted by molar-refractivity contribution is 8.24. The molecule has 3 N–H and O–H groups in total. The summed E-state index contributed by atoms with van der Waals surface area (Å²) < 4.78 is 14.0. The van der Waals surface area contributed by atoms with Gasteiger partial charge < -0.3 is 20.2 Å². The molecule has 4 aromatic rings. The van der Waals surface area contributed by atoms with Crippen molar-refractivity contribution in [3.05, 3.63) is 114 Å². The van der Waals surface area contributed by atoms with E-state index in [1.807, 2.05) is 48.5 Å². The molecular formula is C31H28FNO3S2. The van der Waals surface area contributed by atoms with Crippen LogP contribution in [0.2, 0.25) is 0 Å². The van der Waals surface area contributed by atoms with Gasteiger partial charge in [0.25, 0.3) is 0 Å². The van der Waals surface area contributed by atoms with Crippen molar-refractivity contribution in [3.63, 3.8) is 0 Å². The molecule has 1 fully saturated rings. The number of nitrogens with zero attached hydrogens (tertiary/aromatic N) is 1. The first-order chi connectivity index (χ1) is 18.4. The Morgan fingerprint density at radius 3 is 2.32 bits per heavy atom. The largest absolute Gasteiger partial charge is 0.508 e. The van der Waals surface area contributed by atoms with Crippen LogP contribution >= 0.6 is 24.0 Å². The molecule has 0 unspecified atom stereocenters. The number of para-hydroxylation sites is 1. The minimum atomic E-state index is -0.674. The number of thiocarbonyl (C=S) groups is 1. The lowest BCUT2D eigenvalue weighted by Crippen LogP contribution is -2.29. The van der Waals surface area contributed by atoms with E-state index in [-0.39, 0.29) is 28.6 Å². The quantitative estimate of drug-likeness (QED) is 0.197. The van der Waals surface area contributed by atoms with Gasteiger partial charge in [0.05, 0.1) is 12.1 Å². The van der Waals surface area contributed by atoms with E-state index in [2.05, 4.69) is 4.90 Å². The topological polar surface area (TPSA) is 63.9 Å². The summed E-state index contributed by atoms with van der Waals surface area (Å²) in [4.78, 5) is 2.10. The molecule has 3 atom stereocenters. The second-order valence-corrected chi connectivity index (χ2v) is 11.3. The van der Waals surface area contributed by atoms with Crippen LogP contribution in [0.25, 0.3) is 11.1 Å². The van der Waals surface area contributed by atoms with Crippen molar-refractivity contribution >= 4 is 34.0 Å². The minimum Gasteiger partial charge on any atom is -0.508 e. The fourth-order valence-corrected chi connectivity index (χ4v) is 6.83. The second kappa shape index (κ2) is 11.6. The summed E-state index contributed by atoms with van der Waals surface area (Å²) in [6, 6.07) is 28.2. The molecule has 38 heavy (non-hydrogen) atoms. The van der Waals surface area contributed by atoms with Crippen molar-refractivity contribution in [2.75, 3.05) is 4.90 Å². The van der Waals surface area contributed by atoms with Crippen LogP contribution in [0.1, 0.15) is 42.5 Å². The van der Waals surface area contributed by atoms with Crippen LogP contribution in [0, 0.1) is 5.82 Å². The van der Waals surface area contributed by atoms with Gasteiger partial charge in [-0.25, -0.2) is 4.39 Å². The van der Waals surface area contributed by atoms with E-state index in [0.717, 1.165) is 39.5 Å². The molecule has 1 saturated heterocycles. The van der Waals surface area contributed by atoms with Crippen LogP contribution in [0.5, 0.6) is 11.5 Å². The molecule has 0 aromatic heterocycles. The molecule has 0 amide bonds. The number of hydrogen-bond donors (Lipinski definition) is 3. The molecule has 0 spiro atoms. The molecule has 1 aliphatic heterocycles. The average molecular weight is 546 g/mol. The predicted molar refractivity (Wildman–Crippen MR) is 156 cm³/mol. The Morgan fingerprint density at radius 2 is 1.61 bits per heavy atom. The van der Waals surface area contributed by atoms with Gasteiger partial charge in [-0.05, 0) is 78.4 Å². The first kappa shape index (κ1) is 26.2. The molecular weight excluding hydrogens is 517 g/mol. The maximum atomic E-state index is 13.3. The molecule has 194 valence electrons. The number of phenolic OH excluding ortho intramolecular Hbond substituents is 2. The Bertz CT molecular complexity index is 1410. The van der Waals surface area contributed by atoms with E-state index in [1.165, 1.54) is 12.1 Å². The zero-order valence-corrected chi connectivity index (χ0v) is 22.2. The smallest absolute Gasteiger partial charge is 0.141 e. The lowest BCUT2D eigenvalue weighted by Gasteiger charge is -2.30. The minimum absolute atomic E-state index is 0.0562. The summed E-state index contributed by atoms with van der Waals surface area (Å²) in [5.41, 5.74) is 4.05. The maximum Gasteiger partial charge on any atom is 0.141 e. The predicted octanol–water partition coefficient (Wildman–Crippen LogP) is 7.76. The first-order valence-electron chi connectivity index (χ1n) is 12.5. The zero-order valence-electron chi connectivity index (χ0n) is 20.6. The van der Waals surface area contributed by atoms with Crippen LogP contribution in [0.15, 0.2) is 97.1 Å². The van der Waals surface area contributed by atoms with Crippen molar-refractivity contribution in [1.82, 2.24) is 0 Å². The van der Waals surface area contributed by atoms with E-state index in [0.29, 0.717) is 12.0 Å². The van der Waals surface area contributed by atoms with Crippen molar-refractivity contribution in [3.8, 4) is 22.6 Å². The summed E-state index contributed by atoms with van der Waals surface area (Å²) in [5.74, 6) is 0.00993. The number of rotatable bonds is 8. The molecule has 0 aliphatic carbocycles. The Kier molecular flexibility index (Phi) is 7.98. The van der Waals surface area contributed by atoms with Crippen molar-refractivity contribution in [2.24, 2.45) is 0 Å². The Hall–Kier alpha value is -3.39. The summed E-state index contributed by atoms with van der Waals surface area (Å²) in [5, 5.41) is 31.8. The summed E-state index contributed by atoms with van der Waals surface area (Å²) in [6.07, 6.45) is 1.37. The van der Waals surface area contributed by atoms with E-state index in [1.54, 1.807) is 48.2 Å². The molecule has 4 aromatic carbocycles. The number of benzene rings is 4. The molecule has 0 bridgehead atoms. The van der Waals surface area contributed by atoms with Gasteiger partial charge in [0, 0.05) is 16.5 Å². The first-order valence-corrected chi connectivity index (χ1v) is 13.8. The van der Waals surface area contributed by atoms with Gasteiger partial charge in [-0.1, -0.05) is 78.6 Å². The van der Waals surface area contributed by atoms with Gasteiger partial charge in [0.1, 0.15) is 21.6 Å². The van der Waals surface area contributed by atoms with E-state index in [9.17, 15) is 19.7 Å². The third kappa shape index (κ3) is 5.70. The molecule has 1 heterocycles. The molecule has 4 nitrogen and oxygen atoms in total. The standard InChI is InChI=1S/C31H28FNO3S2/c32-23-15-12-20(13-16-23)27(35)10-5-11-29-30(33(31(37)38-29)24-7-2-1-3-8-24)26-17-14-22(19-28(26)36)21-6-4-9-25(34)18-21/h1-4,6-9,12-19,27,29-30,34-36H,5,10-11H2/t27-,29-,30-/m1/s1. The van der Waals surface area contributed by atoms with Gasteiger partial charge in [0.2, 0.25) is 0 Å². The number of thioether (sulfide) groups is 1. The highest BCUT2D eigenvalue weighted by Gasteiger charge is 2.41. The van der Waals surface area contributed by atoms with Crippen LogP contribution in [-0.2, 0) is 0 Å². The van der Waals surface area contributed by atoms with Crippen molar-refractivity contribution < 1.29 is 19.7 Å². The SMILES string of the molecule is Oc1cccc(-c2ccc([C@@H]3[C@@H](CCC[C@@H](O)c4ccc(F)cc4)SC(=S)N3c3ccccc3)c(O)c2)c1. The fraction of sp³-hybridized carbons (Fsp3) is 0.194.